The summed E-state index contributed by atoms with van der Waals surface area (Å²) in [7, 11) is 0. The first-order valence-corrected chi connectivity index (χ1v) is 10.8. The van der Waals surface area contributed by atoms with Crippen molar-refractivity contribution in [3.63, 3.8) is 0 Å². The first-order valence-electron chi connectivity index (χ1n) is 10.8. The highest BCUT2D eigenvalue weighted by Gasteiger charge is 2.49. The lowest BCUT2D eigenvalue weighted by Crippen LogP contribution is -2.43. The maximum absolute atomic E-state index is 13.0. The highest BCUT2D eigenvalue weighted by Crippen LogP contribution is 2.31. The number of rotatable bonds is 9. The molecule has 4 amide bonds. The Balaban J connectivity index is 1.97. The van der Waals surface area contributed by atoms with Gasteiger partial charge in [0.1, 0.15) is 12.1 Å². The molecule has 1 aliphatic heterocycles. The lowest BCUT2D eigenvalue weighted by molar-refractivity contribution is -0.134. The van der Waals surface area contributed by atoms with E-state index in [9.17, 15) is 14.4 Å². The third kappa shape index (κ3) is 5.39. The van der Waals surface area contributed by atoms with Crippen LogP contribution >= 0.6 is 0 Å². The minimum atomic E-state index is -1.17. The van der Waals surface area contributed by atoms with Crippen molar-refractivity contribution in [2.45, 2.75) is 58.9 Å². The van der Waals surface area contributed by atoms with Crippen LogP contribution in [-0.2, 0) is 20.5 Å². The molecule has 166 valence electrons. The van der Waals surface area contributed by atoms with Gasteiger partial charge in [0.05, 0.1) is 0 Å². The number of urea groups is 1. The molecule has 1 atom stereocenters. The summed E-state index contributed by atoms with van der Waals surface area (Å²) in [5.74, 6) is -0.736. The molecule has 1 saturated heterocycles. The number of carbonyl (C=O) groups excluding carboxylic acids is 3. The molecule has 2 rings (SSSR count). The second-order valence-corrected chi connectivity index (χ2v) is 9.00. The van der Waals surface area contributed by atoms with Crippen LogP contribution in [0.25, 0.3) is 0 Å². The van der Waals surface area contributed by atoms with E-state index in [1.54, 1.807) is 6.92 Å². The van der Waals surface area contributed by atoms with Crippen molar-refractivity contribution in [3.8, 4) is 0 Å². The third-order valence-corrected chi connectivity index (χ3v) is 5.77. The maximum atomic E-state index is 13.0. The first-order chi connectivity index (χ1) is 14.0. The van der Waals surface area contributed by atoms with E-state index in [0.717, 1.165) is 36.5 Å². The monoisotopic (exact) mass is 416 g/mol. The second-order valence-electron chi connectivity index (χ2n) is 9.00. The molecule has 30 heavy (non-hydrogen) atoms. The Hall–Kier alpha value is -2.41. The molecular weight excluding hydrogens is 380 g/mol. The number of nitrogens with one attached hydrogen (secondary N) is 2. The molecule has 1 aliphatic rings. The van der Waals surface area contributed by atoms with Crippen molar-refractivity contribution in [2.75, 3.05) is 32.7 Å². The van der Waals surface area contributed by atoms with Gasteiger partial charge >= 0.3 is 6.03 Å². The molecule has 0 spiro atoms. The Kier molecular flexibility index (Phi) is 7.64. The summed E-state index contributed by atoms with van der Waals surface area (Å²) >= 11 is 0. The van der Waals surface area contributed by atoms with Crippen LogP contribution in [0, 0.1) is 0 Å². The van der Waals surface area contributed by atoms with E-state index in [2.05, 4.69) is 50.2 Å². The quantitative estimate of drug-likeness (QED) is 0.479. The summed E-state index contributed by atoms with van der Waals surface area (Å²) in [4.78, 5) is 41.0. The lowest BCUT2D eigenvalue weighted by Gasteiger charge is -2.24. The van der Waals surface area contributed by atoms with Crippen molar-refractivity contribution >= 4 is 17.8 Å². The SMILES string of the molecule is CCN(CC)CCCNC(=O)CN1C(=O)NC(C)(c2ccc(C(C)(C)C)cc2)C1=O. The summed E-state index contributed by atoms with van der Waals surface area (Å²) in [6.45, 7) is 15.3. The van der Waals surface area contributed by atoms with Crippen molar-refractivity contribution in [2.24, 2.45) is 0 Å². The highest BCUT2D eigenvalue weighted by molar-refractivity contribution is 6.09. The van der Waals surface area contributed by atoms with Crippen molar-refractivity contribution in [1.29, 1.82) is 0 Å². The van der Waals surface area contributed by atoms with Crippen LogP contribution in [0.2, 0.25) is 0 Å². The number of imide groups is 1. The molecule has 0 saturated carbocycles. The van der Waals surface area contributed by atoms with E-state index in [0.29, 0.717) is 12.1 Å². The van der Waals surface area contributed by atoms with Crippen LogP contribution in [0.5, 0.6) is 0 Å². The van der Waals surface area contributed by atoms with Crippen LogP contribution in [0.1, 0.15) is 59.1 Å². The van der Waals surface area contributed by atoms with Gasteiger partial charge in [-0.15, -0.1) is 0 Å². The number of hydrogen-bond acceptors (Lipinski definition) is 4. The van der Waals surface area contributed by atoms with E-state index < -0.39 is 17.5 Å². The number of amides is 4. The van der Waals surface area contributed by atoms with Crippen LogP contribution in [0.3, 0.4) is 0 Å². The first kappa shape index (κ1) is 23.9. The largest absolute Gasteiger partial charge is 0.354 e. The molecule has 1 heterocycles. The van der Waals surface area contributed by atoms with Crippen molar-refractivity contribution in [1.82, 2.24) is 20.4 Å². The highest BCUT2D eigenvalue weighted by atomic mass is 16.2. The Morgan fingerprint density at radius 2 is 1.73 bits per heavy atom. The summed E-state index contributed by atoms with van der Waals surface area (Å²) in [5, 5.41) is 5.56. The standard InChI is InChI=1S/C23H36N4O3/c1-7-26(8-2)15-9-14-24-19(28)16-27-20(29)23(6,25-21(27)30)18-12-10-17(11-13-18)22(3,4)5/h10-13H,7-9,14-16H2,1-6H3,(H,24,28)(H,25,30). The number of nitrogens with zero attached hydrogens (tertiary/aromatic N) is 2. The number of benzene rings is 1. The number of carbonyl (C=O) groups is 3. The van der Waals surface area contributed by atoms with Gasteiger partial charge in [-0.05, 0) is 49.5 Å². The molecule has 0 aliphatic carbocycles. The Morgan fingerprint density at radius 1 is 1.13 bits per heavy atom. The topological polar surface area (TPSA) is 81.8 Å². The van der Waals surface area contributed by atoms with E-state index in [-0.39, 0.29) is 17.9 Å². The van der Waals surface area contributed by atoms with Crippen LogP contribution in [0.15, 0.2) is 24.3 Å². The van der Waals surface area contributed by atoms with Gasteiger partial charge in [0, 0.05) is 6.54 Å². The van der Waals surface area contributed by atoms with Crippen molar-refractivity contribution in [3.05, 3.63) is 35.4 Å². The van der Waals surface area contributed by atoms with E-state index >= 15 is 0 Å². The molecule has 2 N–H and O–H groups in total. The zero-order valence-corrected chi connectivity index (χ0v) is 19.2. The number of hydrogen-bond donors (Lipinski definition) is 2. The Labute approximate surface area is 180 Å². The summed E-state index contributed by atoms with van der Waals surface area (Å²) in [6.07, 6.45) is 0.825. The maximum Gasteiger partial charge on any atom is 0.325 e. The minimum Gasteiger partial charge on any atom is -0.354 e. The molecule has 7 heteroatoms. The van der Waals surface area contributed by atoms with E-state index in [1.165, 1.54) is 0 Å². The van der Waals surface area contributed by atoms with Crippen LogP contribution in [0.4, 0.5) is 4.79 Å². The van der Waals surface area contributed by atoms with Gasteiger partial charge in [-0.3, -0.25) is 14.5 Å². The van der Waals surface area contributed by atoms with Gasteiger partial charge in [0.25, 0.3) is 5.91 Å². The molecule has 7 nitrogen and oxygen atoms in total. The third-order valence-electron chi connectivity index (χ3n) is 5.77. The van der Waals surface area contributed by atoms with Gasteiger partial charge in [-0.1, -0.05) is 58.9 Å². The molecule has 1 fully saturated rings. The fraction of sp³-hybridized carbons (Fsp3) is 0.609. The average Bonchev–Trinajstić information content (AvgIpc) is 2.91. The molecule has 0 bridgehead atoms. The summed E-state index contributed by atoms with van der Waals surface area (Å²) < 4.78 is 0. The van der Waals surface area contributed by atoms with Gasteiger partial charge in [0.15, 0.2) is 0 Å². The Bertz CT molecular complexity index is 766. The fourth-order valence-corrected chi connectivity index (χ4v) is 3.61. The molecule has 1 unspecified atom stereocenters. The normalized spacial score (nSPS) is 19.4. The van der Waals surface area contributed by atoms with Crippen LogP contribution < -0.4 is 10.6 Å². The fourth-order valence-electron chi connectivity index (χ4n) is 3.61. The summed E-state index contributed by atoms with van der Waals surface area (Å²) in [5.41, 5.74) is 0.678. The Morgan fingerprint density at radius 3 is 2.27 bits per heavy atom. The molecule has 0 aromatic heterocycles. The molecule has 1 aromatic carbocycles. The van der Waals surface area contributed by atoms with Gasteiger partial charge in [-0.2, -0.15) is 0 Å². The molecule has 1 aromatic rings. The lowest BCUT2D eigenvalue weighted by atomic mass is 9.84. The van der Waals surface area contributed by atoms with Gasteiger partial charge < -0.3 is 15.5 Å². The smallest absolute Gasteiger partial charge is 0.325 e. The van der Waals surface area contributed by atoms with Crippen LogP contribution in [-0.4, -0.2) is 60.4 Å². The molecule has 0 radical (unpaired) electrons. The van der Waals surface area contributed by atoms with Gasteiger partial charge in [-0.25, -0.2) is 4.79 Å². The van der Waals surface area contributed by atoms with E-state index in [4.69, 9.17) is 0 Å². The summed E-state index contributed by atoms with van der Waals surface area (Å²) in [6, 6.07) is 7.16. The predicted molar refractivity (Wildman–Crippen MR) is 118 cm³/mol. The second kappa shape index (κ2) is 9.60. The van der Waals surface area contributed by atoms with Gasteiger partial charge in [0.2, 0.25) is 5.91 Å². The zero-order valence-electron chi connectivity index (χ0n) is 19.2. The molecular formula is C23H36N4O3. The van der Waals surface area contributed by atoms with E-state index in [1.807, 2.05) is 24.3 Å². The van der Waals surface area contributed by atoms with Crippen molar-refractivity contribution < 1.29 is 14.4 Å². The minimum absolute atomic E-state index is 0.00220. The zero-order chi connectivity index (χ0) is 22.5. The average molecular weight is 417 g/mol. The predicted octanol–water partition coefficient (Wildman–Crippen LogP) is 2.60.